The SMILES string of the molecule is CC(=O)Oc1ccc(OC(C)=O)c(C2=NN(C(C)=O)C(c3cn(-c4ccccc4)nc3-c3ccc(C)cc3)O2)c1. The van der Waals surface area contributed by atoms with Gasteiger partial charge in [0.2, 0.25) is 18.0 Å². The summed E-state index contributed by atoms with van der Waals surface area (Å²) in [6, 6.07) is 21.8. The maximum Gasteiger partial charge on any atom is 0.308 e. The summed E-state index contributed by atoms with van der Waals surface area (Å²) in [7, 11) is 0. The molecule has 0 fully saturated rings. The Bertz CT molecular complexity index is 1630. The van der Waals surface area contributed by atoms with Crippen LogP contribution < -0.4 is 9.47 Å². The van der Waals surface area contributed by atoms with E-state index in [9.17, 15) is 14.4 Å². The van der Waals surface area contributed by atoms with Gasteiger partial charge in [0.25, 0.3) is 0 Å². The number of ether oxygens (including phenoxy) is 3. The summed E-state index contributed by atoms with van der Waals surface area (Å²) in [6.45, 7) is 5.90. The van der Waals surface area contributed by atoms with Crippen molar-refractivity contribution >= 4 is 23.7 Å². The number of carbonyl (C=O) groups is 3. The molecule has 0 saturated carbocycles. The van der Waals surface area contributed by atoms with Gasteiger partial charge in [-0.3, -0.25) is 14.4 Å². The molecule has 10 nitrogen and oxygen atoms in total. The third kappa shape index (κ3) is 5.46. The molecule has 1 aromatic heterocycles. The van der Waals surface area contributed by atoms with Gasteiger partial charge in [-0.25, -0.2) is 4.68 Å². The molecule has 10 heteroatoms. The van der Waals surface area contributed by atoms with Gasteiger partial charge >= 0.3 is 11.9 Å². The summed E-state index contributed by atoms with van der Waals surface area (Å²) in [6.07, 6.45) is 0.815. The van der Waals surface area contributed by atoms with Gasteiger partial charge in [0.1, 0.15) is 17.2 Å². The number of benzene rings is 3. The minimum absolute atomic E-state index is 0.00719. The maximum absolute atomic E-state index is 12.8. The number of hydrazone groups is 1. The van der Waals surface area contributed by atoms with E-state index in [0.717, 1.165) is 16.8 Å². The fourth-order valence-electron chi connectivity index (χ4n) is 4.24. The molecule has 1 aliphatic rings. The molecule has 1 atom stereocenters. The van der Waals surface area contributed by atoms with E-state index in [1.165, 1.54) is 44.0 Å². The number of hydrogen-bond donors (Lipinski definition) is 0. The molecule has 1 aliphatic heterocycles. The lowest BCUT2D eigenvalue weighted by Gasteiger charge is -2.19. The number of nitrogens with zero attached hydrogens (tertiary/aromatic N) is 4. The lowest BCUT2D eigenvalue weighted by molar-refractivity contribution is -0.135. The predicted molar refractivity (Wildman–Crippen MR) is 146 cm³/mol. The first-order valence-corrected chi connectivity index (χ1v) is 12.5. The second-order valence-corrected chi connectivity index (χ2v) is 9.16. The van der Waals surface area contributed by atoms with Crippen LogP contribution in [0.3, 0.4) is 0 Å². The van der Waals surface area contributed by atoms with E-state index in [-0.39, 0.29) is 28.9 Å². The van der Waals surface area contributed by atoms with Crippen LogP contribution in [0.5, 0.6) is 11.5 Å². The molecule has 0 radical (unpaired) electrons. The normalized spacial score (nSPS) is 14.3. The zero-order valence-electron chi connectivity index (χ0n) is 22.3. The fourth-order valence-corrected chi connectivity index (χ4v) is 4.24. The average Bonchev–Trinajstić information content (AvgIpc) is 3.55. The maximum atomic E-state index is 12.8. The summed E-state index contributed by atoms with van der Waals surface area (Å²) in [5.74, 6) is -1.14. The first-order valence-electron chi connectivity index (χ1n) is 12.5. The van der Waals surface area contributed by atoms with Gasteiger partial charge in [-0.05, 0) is 37.3 Å². The smallest absolute Gasteiger partial charge is 0.308 e. The Kier molecular flexibility index (Phi) is 7.15. The van der Waals surface area contributed by atoms with E-state index in [0.29, 0.717) is 11.3 Å². The fraction of sp³-hybridized carbons (Fsp3) is 0.167. The molecule has 202 valence electrons. The molecule has 2 heterocycles. The molecule has 0 saturated heterocycles. The minimum atomic E-state index is -0.983. The average molecular weight is 539 g/mol. The van der Waals surface area contributed by atoms with Crippen molar-refractivity contribution in [1.82, 2.24) is 14.8 Å². The third-order valence-electron chi connectivity index (χ3n) is 6.02. The molecule has 3 aromatic carbocycles. The van der Waals surface area contributed by atoms with Crippen molar-refractivity contribution in [3.05, 3.63) is 95.7 Å². The van der Waals surface area contributed by atoms with Gasteiger partial charge in [0.05, 0.1) is 16.8 Å². The lowest BCUT2D eigenvalue weighted by Crippen LogP contribution is -2.25. The Labute approximate surface area is 230 Å². The number of para-hydroxylation sites is 1. The van der Waals surface area contributed by atoms with E-state index in [4.69, 9.17) is 19.3 Å². The van der Waals surface area contributed by atoms with Crippen molar-refractivity contribution in [3.63, 3.8) is 0 Å². The molecule has 5 rings (SSSR count). The third-order valence-corrected chi connectivity index (χ3v) is 6.02. The second-order valence-electron chi connectivity index (χ2n) is 9.16. The summed E-state index contributed by atoms with van der Waals surface area (Å²) >= 11 is 0. The summed E-state index contributed by atoms with van der Waals surface area (Å²) in [4.78, 5) is 36.2. The Morgan fingerprint density at radius 3 is 2.23 bits per heavy atom. The highest BCUT2D eigenvalue weighted by atomic mass is 16.6. The number of carbonyl (C=O) groups excluding carboxylic acids is 3. The van der Waals surface area contributed by atoms with Crippen LogP contribution >= 0.6 is 0 Å². The van der Waals surface area contributed by atoms with Crippen LogP contribution in [0, 0.1) is 6.92 Å². The van der Waals surface area contributed by atoms with Crippen molar-refractivity contribution < 1.29 is 28.6 Å². The molecule has 0 N–H and O–H groups in total. The molecule has 40 heavy (non-hydrogen) atoms. The van der Waals surface area contributed by atoms with Gasteiger partial charge in [0.15, 0.2) is 0 Å². The van der Waals surface area contributed by atoms with E-state index >= 15 is 0 Å². The Balaban J connectivity index is 1.61. The van der Waals surface area contributed by atoms with Crippen molar-refractivity contribution in [2.24, 2.45) is 5.10 Å². The van der Waals surface area contributed by atoms with Crippen LogP contribution in [0.4, 0.5) is 0 Å². The van der Waals surface area contributed by atoms with Gasteiger partial charge in [-0.2, -0.15) is 10.1 Å². The molecule has 1 unspecified atom stereocenters. The molecule has 0 spiro atoms. The van der Waals surface area contributed by atoms with Crippen LogP contribution in [-0.4, -0.2) is 38.5 Å². The quantitative estimate of drug-likeness (QED) is 0.253. The molecular weight excluding hydrogens is 512 g/mol. The van der Waals surface area contributed by atoms with Crippen molar-refractivity contribution in [2.45, 2.75) is 33.9 Å². The summed E-state index contributed by atoms with van der Waals surface area (Å²) in [5.41, 5.74) is 4.16. The van der Waals surface area contributed by atoms with Crippen LogP contribution in [0.2, 0.25) is 0 Å². The van der Waals surface area contributed by atoms with Crippen molar-refractivity contribution in [2.75, 3.05) is 0 Å². The predicted octanol–water partition coefficient (Wildman–Crippen LogP) is 4.94. The number of esters is 2. The highest BCUT2D eigenvalue weighted by molar-refractivity contribution is 6.00. The number of rotatable bonds is 6. The molecule has 0 bridgehead atoms. The van der Waals surface area contributed by atoms with Gasteiger partial charge < -0.3 is 14.2 Å². The van der Waals surface area contributed by atoms with Gasteiger partial charge in [-0.15, -0.1) is 5.10 Å². The first kappa shape index (κ1) is 26.4. The zero-order chi connectivity index (χ0) is 28.4. The van der Waals surface area contributed by atoms with Crippen molar-refractivity contribution in [1.29, 1.82) is 0 Å². The Morgan fingerprint density at radius 1 is 0.875 bits per heavy atom. The zero-order valence-corrected chi connectivity index (χ0v) is 22.3. The molecular formula is C30H26N4O6. The highest BCUT2D eigenvalue weighted by Gasteiger charge is 2.37. The monoisotopic (exact) mass is 538 g/mol. The van der Waals surface area contributed by atoms with Gasteiger partial charge in [-0.1, -0.05) is 48.0 Å². The highest BCUT2D eigenvalue weighted by Crippen LogP contribution is 2.38. The minimum Gasteiger partial charge on any atom is -0.445 e. The number of aromatic nitrogens is 2. The van der Waals surface area contributed by atoms with Crippen LogP contribution in [0.25, 0.3) is 16.9 Å². The topological polar surface area (TPSA) is 112 Å². The van der Waals surface area contributed by atoms with E-state index in [1.54, 1.807) is 10.9 Å². The van der Waals surface area contributed by atoms with E-state index < -0.39 is 18.2 Å². The number of aryl methyl sites for hydroxylation is 1. The van der Waals surface area contributed by atoms with E-state index in [1.807, 2.05) is 61.5 Å². The van der Waals surface area contributed by atoms with Crippen LogP contribution in [-0.2, 0) is 19.1 Å². The largest absolute Gasteiger partial charge is 0.445 e. The second kappa shape index (κ2) is 10.9. The molecule has 4 aromatic rings. The summed E-state index contributed by atoms with van der Waals surface area (Å²) < 4.78 is 18.6. The Hall–Kier alpha value is -5.25. The Morgan fingerprint density at radius 2 is 1.57 bits per heavy atom. The number of hydrogen-bond acceptors (Lipinski definition) is 8. The molecule has 1 amide bonds. The van der Waals surface area contributed by atoms with E-state index in [2.05, 4.69) is 5.10 Å². The van der Waals surface area contributed by atoms with Gasteiger partial charge in [0, 0.05) is 32.5 Å². The lowest BCUT2D eigenvalue weighted by atomic mass is 10.1. The standard InChI is InChI=1S/C30H26N4O6/c1-18-10-12-22(13-11-18)28-26(17-33(31-28)23-8-6-5-7-9-23)30-34(19(2)35)32-29(40-30)25-16-24(38-20(3)36)14-15-27(25)39-21(4)37/h5-17,30H,1-4H3. The van der Waals surface area contributed by atoms with Crippen molar-refractivity contribution in [3.8, 4) is 28.4 Å². The van der Waals surface area contributed by atoms with Crippen LogP contribution in [0.1, 0.15) is 43.7 Å². The number of amides is 1. The molecule has 0 aliphatic carbocycles. The summed E-state index contributed by atoms with van der Waals surface area (Å²) in [5, 5.41) is 10.5. The first-order chi connectivity index (χ1) is 19.2. The van der Waals surface area contributed by atoms with Crippen LogP contribution in [0.15, 0.2) is 84.1 Å².